The fourth-order valence-electron chi connectivity index (χ4n) is 6.06. The van der Waals surface area contributed by atoms with E-state index in [9.17, 15) is 19.2 Å². The van der Waals surface area contributed by atoms with E-state index in [1.165, 1.54) is 6.20 Å². The van der Waals surface area contributed by atoms with Gasteiger partial charge in [0.2, 0.25) is 5.91 Å². The number of hydrogen-bond donors (Lipinski definition) is 4. The smallest absolute Gasteiger partial charge is 0.313 e. The molecule has 0 radical (unpaired) electrons. The highest BCUT2D eigenvalue weighted by atomic mass is 16.5. The third kappa shape index (κ3) is 7.90. The Kier molecular flexibility index (Phi) is 10.9. The molecule has 2 aromatic heterocycles. The van der Waals surface area contributed by atoms with Crippen LogP contribution in [0.15, 0.2) is 67.0 Å². The summed E-state index contributed by atoms with van der Waals surface area (Å²) in [5.41, 5.74) is 9.59. The van der Waals surface area contributed by atoms with Gasteiger partial charge in [-0.1, -0.05) is 30.3 Å². The second-order valence-electron chi connectivity index (χ2n) is 12.4. The maximum Gasteiger partial charge on any atom is 0.313 e. The fourth-order valence-corrected chi connectivity index (χ4v) is 6.06. The van der Waals surface area contributed by atoms with Crippen LogP contribution in [0.1, 0.15) is 72.0 Å². The van der Waals surface area contributed by atoms with E-state index in [0.29, 0.717) is 35.6 Å². The monoisotopic (exact) mass is 666 g/mol. The Bertz CT molecular complexity index is 1850. The molecule has 1 fully saturated rings. The highest BCUT2D eigenvalue weighted by Gasteiger charge is 2.39. The van der Waals surface area contributed by atoms with Gasteiger partial charge in [-0.2, -0.15) is 0 Å². The van der Waals surface area contributed by atoms with E-state index >= 15 is 0 Å². The number of amidine groups is 1. The lowest BCUT2D eigenvalue weighted by Gasteiger charge is -2.33. The maximum atomic E-state index is 14.0. The van der Waals surface area contributed by atoms with E-state index in [-0.39, 0.29) is 43.6 Å². The minimum Gasteiger partial charge on any atom is -0.466 e. The standard InChI is InChI=1S/C36H42N8O5/c1-4-49-30(46)19-27(45)21-40-22-36(2,35(48)44-16-5-6-17-44)26-13-14-29-28(18-26)41-33(43(29)3)31(37)23-9-11-24(12-10-23)32(38)42-34(47)25-8-7-15-39-20-25/h7-15,18,20,31,40H,4-6,16-17,19,21-22,37H2,1-3H3,(H2,38,42,47). The van der Waals surface area contributed by atoms with Crippen LogP contribution in [0.5, 0.6) is 0 Å². The molecule has 5 rings (SSSR count). The zero-order valence-corrected chi connectivity index (χ0v) is 28.0. The number of carbonyl (C=O) groups excluding carboxylic acids is 4. The zero-order chi connectivity index (χ0) is 35.1. The molecule has 5 N–H and O–H groups in total. The number of hydrogen-bond acceptors (Lipinski definition) is 10. The summed E-state index contributed by atoms with van der Waals surface area (Å²) in [6, 6.07) is 15.5. The number of rotatable bonds is 13. The minimum absolute atomic E-state index is 0.0372. The lowest BCUT2D eigenvalue weighted by molar-refractivity contribution is -0.145. The van der Waals surface area contributed by atoms with Crippen LogP contribution in [-0.4, -0.2) is 81.6 Å². The van der Waals surface area contributed by atoms with Gasteiger partial charge in [0.05, 0.1) is 41.2 Å². The van der Waals surface area contributed by atoms with E-state index in [1.54, 1.807) is 49.5 Å². The third-order valence-electron chi connectivity index (χ3n) is 8.86. The number of fused-ring (bicyclic) bond motifs is 1. The van der Waals surface area contributed by atoms with Gasteiger partial charge >= 0.3 is 5.97 Å². The first-order valence-corrected chi connectivity index (χ1v) is 16.3. The number of nitrogens with two attached hydrogens (primary N) is 1. The quantitative estimate of drug-likeness (QED) is 0.0721. The van der Waals surface area contributed by atoms with Crippen molar-refractivity contribution < 1.29 is 23.9 Å². The van der Waals surface area contributed by atoms with E-state index < -0.39 is 23.3 Å². The first-order valence-electron chi connectivity index (χ1n) is 16.3. The largest absolute Gasteiger partial charge is 0.466 e. The van der Waals surface area contributed by atoms with E-state index in [2.05, 4.69) is 15.6 Å². The summed E-state index contributed by atoms with van der Waals surface area (Å²) >= 11 is 0. The Labute approximate surface area is 284 Å². The zero-order valence-electron chi connectivity index (χ0n) is 28.0. The molecule has 2 aromatic carbocycles. The molecular weight excluding hydrogens is 624 g/mol. The number of ether oxygens (including phenoxy) is 1. The molecule has 2 amide bonds. The maximum absolute atomic E-state index is 14.0. The Balaban J connectivity index is 1.34. The van der Waals surface area contributed by atoms with Gasteiger partial charge in [-0.25, -0.2) is 4.98 Å². The first-order chi connectivity index (χ1) is 23.5. The number of pyridine rings is 1. The fraction of sp³-hybridized carbons (Fsp3) is 0.361. The molecule has 1 saturated heterocycles. The van der Waals surface area contributed by atoms with Crippen LogP contribution in [0, 0.1) is 5.41 Å². The molecule has 0 bridgehead atoms. The van der Waals surface area contributed by atoms with Gasteiger partial charge in [0.25, 0.3) is 5.91 Å². The number of aryl methyl sites for hydroxylation is 1. The molecule has 4 aromatic rings. The van der Waals surface area contributed by atoms with E-state index in [4.69, 9.17) is 20.9 Å². The number of benzene rings is 2. The molecule has 49 heavy (non-hydrogen) atoms. The average Bonchev–Trinajstić information content (AvgIpc) is 3.76. The molecule has 1 aliphatic rings. The van der Waals surface area contributed by atoms with Gasteiger partial charge in [-0.15, -0.1) is 0 Å². The van der Waals surface area contributed by atoms with Gasteiger partial charge in [0.15, 0.2) is 5.78 Å². The highest BCUT2D eigenvalue weighted by Crippen LogP contribution is 2.32. The van der Waals surface area contributed by atoms with Crippen molar-refractivity contribution in [2.75, 3.05) is 32.8 Å². The number of nitrogens with one attached hydrogen (secondary N) is 3. The van der Waals surface area contributed by atoms with E-state index in [0.717, 1.165) is 29.5 Å². The molecule has 2 unspecified atom stereocenters. The summed E-state index contributed by atoms with van der Waals surface area (Å²) in [6.45, 7) is 5.23. The normalized spacial score (nSPS) is 14.7. The van der Waals surface area contributed by atoms with Crippen molar-refractivity contribution in [3.8, 4) is 0 Å². The van der Waals surface area contributed by atoms with Crippen molar-refractivity contribution in [3.63, 3.8) is 0 Å². The highest BCUT2D eigenvalue weighted by molar-refractivity contribution is 6.11. The molecular formula is C36H42N8O5. The van der Waals surface area contributed by atoms with Crippen molar-refractivity contribution in [3.05, 3.63) is 95.1 Å². The molecule has 13 nitrogen and oxygen atoms in total. The van der Waals surface area contributed by atoms with Crippen LogP contribution >= 0.6 is 0 Å². The number of amides is 2. The summed E-state index contributed by atoms with van der Waals surface area (Å²) < 4.78 is 6.80. The number of ketones is 1. The average molecular weight is 667 g/mol. The van der Waals surface area contributed by atoms with Crippen LogP contribution in [-0.2, 0) is 31.6 Å². The molecule has 256 valence electrons. The molecule has 0 spiro atoms. The Morgan fingerprint density at radius 1 is 1.06 bits per heavy atom. The molecule has 0 aliphatic carbocycles. The van der Waals surface area contributed by atoms with Gasteiger partial charge < -0.3 is 30.6 Å². The first kappa shape index (κ1) is 35.0. The molecule has 3 heterocycles. The summed E-state index contributed by atoms with van der Waals surface area (Å²) in [4.78, 5) is 61.3. The van der Waals surface area contributed by atoms with Crippen molar-refractivity contribution in [2.24, 2.45) is 12.8 Å². The summed E-state index contributed by atoms with van der Waals surface area (Å²) in [7, 11) is 1.88. The van der Waals surface area contributed by atoms with Gasteiger partial charge in [-0.05, 0) is 62.1 Å². The Morgan fingerprint density at radius 2 is 1.80 bits per heavy atom. The second-order valence-corrected chi connectivity index (χ2v) is 12.4. The predicted octanol–water partition coefficient (Wildman–Crippen LogP) is 2.76. The minimum atomic E-state index is -1.00. The van der Waals surface area contributed by atoms with Gasteiger partial charge in [0.1, 0.15) is 18.1 Å². The summed E-state index contributed by atoms with van der Waals surface area (Å²) in [6.07, 6.45) is 4.57. The Morgan fingerprint density at radius 3 is 2.47 bits per heavy atom. The number of esters is 1. The third-order valence-corrected chi connectivity index (χ3v) is 8.86. The lowest BCUT2D eigenvalue weighted by atomic mass is 9.80. The number of nitrogens with zero attached hydrogens (tertiary/aromatic N) is 4. The SMILES string of the molecule is CCOC(=O)CC(=O)CNCC(C)(C(=O)N1CCCC1)c1ccc2c(c1)nc(C(N)c1ccc(C(=N)NC(=O)c3cccnc3)cc1)n2C. The summed E-state index contributed by atoms with van der Waals surface area (Å²) in [5.74, 6) is -0.781. The van der Waals surface area contributed by atoms with Crippen molar-refractivity contribution >= 4 is 40.4 Å². The van der Waals surface area contributed by atoms with Gasteiger partial charge in [-0.3, -0.25) is 29.6 Å². The van der Waals surface area contributed by atoms with Crippen LogP contribution in [0.4, 0.5) is 0 Å². The molecule has 2 atom stereocenters. The lowest BCUT2D eigenvalue weighted by Crippen LogP contribution is -2.50. The van der Waals surface area contributed by atoms with Crippen molar-refractivity contribution in [1.29, 1.82) is 5.41 Å². The van der Waals surface area contributed by atoms with Crippen molar-refractivity contribution in [2.45, 2.75) is 44.6 Å². The Hall–Kier alpha value is -5.27. The second kappa shape index (κ2) is 15.3. The molecule has 13 heteroatoms. The number of Topliss-reactive ketones (excluding diaryl/α,β-unsaturated/α-hetero) is 1. The van der Waals surface area contributed by atoms with Crippen LogP contribution in [0.2, 0.25) is 0 Å². The van der Waals surface area contributed by atoms with Crippen LogP contribution in [0.3, 0.4) is 0 Å². The number of likely N-dealkylation sites (tertiary alicyclic amines) is 1. The van der Waals surface area contributed by atoms with Crippen LogP contribution < -0.4 is 16.4 Å². The predicted molar refractivity (Wildman–Crippen MR) is 184 cm³/mol. The number of aromatic nitrogens is 3. The molecule has 0 saturated carbocycles. The number of carbonyl (C=O) groups is 4. The number of imidazole rings is 1. The summed E-state index contributed by atoms with van der Waals surface area (Å²) in [5, 5.41) is 14.1. The van der Waals surface area contributed by atoms with E-state index in [1.807, 2.05) is 41.6 Å². The topological polar surface area (TPSA) is 185 Å². The van der Waals surface area contributed by atoms with Crippen LogP contribution in [0.25, 0.3) is 11.0 Å². The van der Waals surface area contributed by atoms with Crippen molar-refractivity contribution in [1.82, 2.24) is 30.1 Å². The molecule has 1 aliphatic heterocycles. The van der Waals surface area contributed by atoms with Gasteiger partial charge in [0, 0.05) is 44.6 Å².